The van der Waals surface area contributed by atoms with Gasteiger partial charge in [-0.1, -0.05) is 54.6 Å². The molecule has 4 nitrogen and oxygen atoms in total. The van der Waals surface area contributed by atoms with Crippen molar-refractivity contribution in [3.05, 3.63) is 101 Å². The summed E-state index contributed by atoms with van der Waals surface area (Å²) in [5, 5.41) is 0. The lowest BCUT2D eigenvalue weighted by atomic mass is 9.97. The fourth-order valence-electron chi connectivity index (χ4n) is 3.33. The molecule has 0 amide bonds. The van der Waals surface area contributed by atoms with Gasteiger partial charge in [-0.2, -0.15) is 0 Å². The van der Waals surface area contributed by atoms with Crippen LogP contribution in [0.1, 0.15) is 44.3 Å². The molecule has 3 aromatic rings. The molecule has 0 aliphatic carbocycles. The van der Waals surface area contributed by atoms with Gasteiger partial charge in [0.2, 0.25) is 0 Å². The second-order valence-corrected chi connectivity index (χ2v) is 7.26. The summed E-state index contributed by atoms with van der Waals surface area (Å²) in [5.41, 5.74) is 3.68. The Hall–Kier alpha value is -3.53. The molecule has 0 aromatic heterocycles. The van der Waals surface area contributed by atoms with Crippen LogP contribution in [0.5, 0.6) is 5.75 Å². The molecule has 0 bridgehead atoms. The van der Waals surface area contributed by atoms with Crippen LogP contribution in [0, 0.1) is 0 Å². The number of methoxy groups -OCH3 is 1. The van der Waals surface area contributed by atoms with E-state index in [1.165, 1.54) is 6.92 Å². The Balaban J connectivity index is 1.72. The molecule has 0 fully saturated rings. The molecule has 0 unspecified atom stereocenters. The van der Waals surface area contributed by atoms with Gasteiger partial charge in [0.15, 0.2) is 11.6 Å². The van der Waals surface area contributed by atoms with Crippen molar-refractivity contribution >= 4 is 17.3 Å². The van der Waals surface area contributed by atoms with Gasteiger partial charge in [-0.15, -0.1) is 0 Å². The van der Waals surface area contributed by atoms with Gasteiger partial charge in [0.25, 0.3) is 0 Å². The average molecular weight is 400 g/mol. The Kier molecular flexibility index (Phi) is 6.91. The maximum atomic E-state index is 12.7. The van der Waals surface area contributed by atoms with Crippen molar-refractivity contribution in [1.82, 2.24) is 0 Å². The van der Waals surface area contributed by atoms with Crippen LogP contribution in [-0.4, -0.2) is 24.5 Å². The number of ether oxygens (including phenoxy) is 1. The maximum absolute atomic E-state index is 12.7. The lowest BCUT2D eigenvalue weighted by Crippen LogP contribution is -2.10. The maximum Gasteiger partial charge on any atom is 0.167 e. The first-order valence-electron chi connectivity index (χ1n) is 9.82. The first-order valence-corrected chi connectivity index (χ1v) is 9.82. The molecule has 4 heteroatoms. The lowest BCUT2D eigenvalue weighted by molar-refractivity contribution is -0.117. The third kappa shape index (κ3) is 5.51. The number of ketones is 3. The molecule has 0 aliphatic heterocycles. The van der Waals surface area contributed by atoms with Crippen molar-refractivity contribution in [1.29, 1.82) is 0 Å². The summed E-state index contributed by atoms with van der Waals surface area (Å²) in [7, 11) is 1.55. The normalized spacial score (nSPS) is 10.5. The monoisotopic (exact) mass is 400 g/mol. The van der Waals surface area contributed by atoms with E-state index in [-0.39, 0.29) is 30.2 Å². The number of rotatable bonds is 9. The summed E-state index contributed by atoms with van der Waals surface area (Å²) in [6.07, 6.45) is 0.733. The third-order valence-electron chi connectivity index (χ3n) is 4.96. The number of hydrogen-bond donors (Lipinski definition) is 0. The van der Waals surface area contributed by atoms with Crippen molar-refractivity contribution < 1.29 is 19.1 Å². The van der Waals surface area contributed by atoms with E-state index < -0.39 is 0 Å². The highest BCUT2D eigenvalue weighted by atomic mass is 16.5. The number of Topliss-reactive ketones (excluding diaryl/α,β-unsaturated/α-hetero) is 3. The van der Waals surface area contributed by atoms with E-state index in [1.54, 1.807) is 49.6 Å². The van der Waals surface area contributed by atoms with Gasteiger partial charge in [0, 0.05) is 36.0 Å². The summed E-state index contributed by atoms with van der Waals surface area (Å²) in [6, 6.07) is 21.8. The van der Waals surface area contributed by atoms with Gasteiger partial charge in [-0.25, -0.2) is 0 Å². The van der Waals surface area contributed by atoms with Gasteiger partial charge in [0.05, 0.1) is 7.11 Å². The Morgan fingerprint density at radius 2 is 1.37 bits per heavy atom. The molecule has 30 heavy (non-hydrogen) atoms. The van der Waals surface area contributed by atoms with Crippen LogP contribution < -0.4 is 4.74 Å². The largest absolute Gasteiger partial charge is 0.496 e. The standard InChI is InChI=1S/C26H24O4/c1-18(27)21-10-8-20(9-11-21)14-24(28)17-23-16-22(12-13-26(23)30-2)25(29)15-19-6-4-3-5-7-19/h3-13,16H,14-15,17H2,1-2H3. The first kappa shape index (κ1) is 21.2. The van der Waals surface area contributed by atoms with Crippen LogP contribution in [0.4, 0.5) is 0 Å². The zero-order valence-corrected chi connectivity index (χ0v) is 17.2. The molecule has 3 rings (SSSR count). The van der Waals surface area contributed by atoms with Gasteiger partial charge in [0.1, 0.15) is 11.5 Å². The molecule has 0 N–H and O–H groups in total. The summed E-state index contributed by atoms with van der Waals surface area (Å²) < 4.78 is 5.39. The third-order valence-corrected chi connectivity index (χ3v) is 4.96. The van der Waals surface area contributed by atoms with Crippen LogP contribution in [-0.2, 0) is 24.1 Å². The first-order chi connectivity index (χ1) is 14.5. The summed E-state index contributed by atoms with van der Waals surface area (Å²) in [4.78, 5) is 36.7. The van der Waals surface area contributed by atoms with E-state index >= 15 is 0 Å². The summed E-state index contributed by atoms with van der Waals surface area (Å²) in [5.74, 6) is 0.593. The highest BCUT2D eigenvalue weighted by Gasteiger charge is 2.14. The molecule has 0 saturated carbocycles. The van der Waals surface area contributed by atoms with E-state index in [9.17, 15) is 14.4 Å². The minimum absolute atomic E-state index is 0.00243. The fourth-order valence-corrected chi connectivity index (χ4v) is 3.33. The quantitative estimate of drug-likeness (QED) is 0.490. The number of carbonyl (C=O) groups excluding carboxylic acids is 3. The van der Waals surface area contributed by atoms with E-state index in [2.05, 4.69) is 0 Å². The molecule has 3 aromatic carbocycles. The van der Waals surface area contributed by atoms with Crippen molar-refractivity contribution in [3.63, 3.8) is 0 Å². The van der Waals surface area contributed by atoms with Gasteiger partial charge in [-0.3, -0.25) is 14.4 Å². The van der Waals surface area contributed by atoms with E-state index in [0.717, 1.165) is 11.1 Å². The number of carbonyl (C=O) groups is 3. The minimum atomic E-state index is -0.00500. The molecular formula is C26H24O4. The highest BCUT2D eigenvalue weighted by molar-refractivity contribution is 5.98. The Morgan fingerprint density at radius 3 is 2.00 bits per heavy atom. The van der Waals surface area contributed by atoms with Crippen LogP contribution in [0.2, 0.25) is 0 Å². The predicted octanol–water partition coefficient (Wildman–Crippen LogP) is 4.68. The van der Waals surface area contributed by atoms with Crippen molar-refractivity contribution in [2.24, 2.45) is 0 Å². The SMILES string of the molecule is COc1ccc(C(=O)Cc2ccccc2)cc1CC(=O)Cc1ccc(C(C)=O)cc1. The van der Waals surface area contributed by atoms with Gasteiger partial charge in [-0.05, 0) is 36.2 Å². The zero-order chi connectivity index (χ0) is 21.5. The van der Waals surface area contributed by atoms with Crippen LogP contribution in [0.3, 0.4) is 0 Å². The number of benzene rings is 3. The average Bonchev–Trinajstić information content (AvgIpc) is 2.74. The Morgan fingerprint density at radius 1 is 0.733 bits per heavy atom. The van der Waals surface area contributed by atoms with Crippen LogP contribution in [0.25, 0.3) is 0 Å². The topological polar surface area (TPSA) is 60.4 Å². The molecular weight excluding hydrogens is 376 g/mol. The number of hydrogen-bond acceptors (Lipinski definition) is 4. The van der Waals surface area contributed by atoms with Gasteiger partial charge < -0.3 is 4.74 Å². The van der Waals surface area contributed by atoms with Crippen LogP contribution in [0.15, 0.2) is 72.8 Å². The Bertz CT molecular complexity index is 1050. The predicted molar refractivity (Wildman–Crippen MR) is 116 cm³/mol. The zero-order valence-electron chi connectivity index (χ0n) is 17.2. The molecule has 152 valence electrons. The van der Waals surface area contributed by atoms with Crippen LogP contribution >= 0.6 is 0 Å². The summed E-state index contributed by atoms with van der Waals surface area (Å²) >= 11 is 0. The van der Waals surface area contributed by atoms with E-state index in [0.29, 0.717) is 28.9 Å². The smallest absolute Gasteiger partial charge is 0.167 e. The summed E-state index contributed by atoms with van der Waals surface area (Å²) in [6.45, 7) is 1.51. The molecule has 0 saturated heterocycles. The molecule has 0 spiro atoms. The second-order valence-electron chi connectivity index (χ2n) is 7.26. The van der Waals surface area contributed by atoms with Crippen molar-refractivity contribution in [3.8, 4) is 5.75 Å². The fraction of sp³-hybridized carbons (Fsp3) is 0.192. The lowest BCUT2D eigenvalue weighted by Gasteiger charge is -2.11. The van der Waals surface area contributed by atoms with Crippen molar-refractivity contribution in [2.75, 3.05) is 7.11 Å². The molecule has 0 aliphatic rings. The Labute approximate surface area is 176 Å². The molecule has 0 atom stereocenters. The molecule has 0 radical (unpaired) electrons. The van der Waals surface area contributed by atoms with Gasteiger partial charge >= 0.3 is 0 Å². The van der Waals surface area contributed by atoms with E-state index in [4.69, 9.17) is 4.74 Å². The minimum Gasteiger partial charge on any atom is -0.496 e. The van der Waals surface area contributed by atoms with Crippen molar-refractivity contribution in [2.45, 2.75) is 26.2 Å². The highest BCUT2D eigenvalue weighted by Crippen LogP contribution is 2.22. The molecule has 0 heterocycles. The second kappa shape index (κ2) is 9.79. The van der Waals surface area contributed by atoms with E-state index in [1.807, 2.05) is 30.3 Å².